The fourth-order valence-electron chi connectivity index (χ4n) is 4.05. The quantitative estimate of drug-likeness (QED) is 0.465. The summed E-state index contributed by atoms with van der Waals surface area (Å²) in [5, 5.41) is 0. The number of rotatable bonds is 5. The van der Waals surface area contributed by atoms with Gasteiger partial charge in [-0.05, 0) is 29.8 Å². The lowest BCUT2D eigenvalue weighted by molar-refractivity contribution is -0.146. The highest BCUT2D eigenvalue weighted by Crippen LogP contribution is 2.26. The number of aromatic nitrogens is 2. The lowest BCUT2D eigenvalue weighted by Gasteiger charge is -2.35. The van der Waals surface area contributed by atoms with E-state index in [1.807, 2.05) is 53.1 Å². The number of hydrogen-bond acceptors (Lipinski definition) is 5. The minimum absolute atomic E-state index is 0.217. The third-order valence-corrected chi connectivity index (χ3v) is 5.67. The number of carbonyl (C=O) groups is 1. The van der Waals surface area contributed by atoms with Crippen LogP contribution in [0, 0.1) is 5.82 Å². The summed E-state index contributed by atoms with van der Waals surface area (Å²) in [6.45, 7) is 3.51. The van der Waals surface area contributed by atoms with E-state index < -0.39 is 0 Å². The minimum atomic E-state index is -0.295. The van der Waals surface area contributed by atoms with Gasteiger partial charge in [0, 0.05) is 38.4 Å². The zero-order valence-corrected chi connectivity index (χ0v) is 17.1. The Morgan fingerprint density at radius 1 is 0.968 bits per heavy atom. The number of halogens is 1. The lowest BCUT2D eigenvalue weighted by Crippen LogP contribution is -2.48. The highest BCUT2D eigenvalue weighted by Gasteiger charge is 2.22. The van der Waals surface area contributed by atoms with E-state index in [1.165, 1.54) is 12.1 Å². The molecule has 4 aromatic rings. The molecule has 31 heavy (non-hydrogen) atoms. The molecule has 158 valence electrons. The smallest absolute Gasteiger partial charge is 0.320 e. The maximum Gasteiger partial charge on any atom is 0.320 e. The standard InChI is InChI=1S/C24H23FN4O2/c25-19-8-9-21-20(15-19)26-24(22-7-4-10-29(21)22)28-13-11-27(12-14-28)16-23(30)31-17-18-5-2-1-3-6-18/h1-10,15H,11-14,16-17H2. The highest BCUT2D eigenvalue weighted by atomic mass is 19.1. The average Bonchev–Trinajstić information content (AvgIpc) is 3.28. The molecule has 1 fully saturated rings. The Hall–Kier alpha value is -3.45. The van der Waals surface area contributed by atoms with Crippen LogP contribution >= 0.6 is 0 Å². The second-order valence-electron chi connectivity index (χ2n) is 7.74. The predicted octanol–water partition coefficient (Wildman–Crippen LogP) is 3.49. The zero-order valence-electron chi connectivity index (χ0n) is 17.1. The van der Waals surface area contributed by atoms with Crippen molar-refractivity contribution < 1.29 is 13.9 Å². The Morgan fingerprint density at radius 2 is 1.77 bits per heavy atom. The Balaban J connectivity index is 1.24. The monoisotopic (exact) mass is 418 g/mol. The summed E-state index contributed by atoms with van der Waals surface area (Å²) in [5.41, 5.74) is 3.49. The Morgan fingerprint density at radius 3 is 2.58 bits per heavy atom. The van der Waals surface area contributed by atoms with Crippen molar-refractivity contribution in [3.05, 3.63) is 78.2 Å². The molecule has 1 saturated heterocycles. The van der Waals surface area contributed by atoms with Crippen molar-refractivity contribution in [1.29, 1.82) is 0 Å². The SMILES string of the molecule is O=C(CN1CCN(c2nc3cc(F)ccc3n3cccc23)CC1)OCc1ccccc1. The second-order valence-corrected chi connectivity index (χ2v) is 7.74. The first-order valence-corrected chi connectivity index (χ1v) is 10.4. The Labute approximate surface area is 179 Å². The maximum atomic E-state index is 13.8. The molecule has 6 nitrogen and oxygen atoms in total. The molecule has 1 aliphatic heterocycles. The van der Waals surface area contributed by atoms with E-state index in [2.05, 4.69) is 9.80 Å². The molecule has 7 heteroatoms. The number of esters is 1. The predicted molar refractivity (Wildman–Crippen MR) is 118 cm³/mol. The van der Waals surface area contributed by atoms with Gasteiger partial charge in [-0.1, -0.05) is 30.3 Å². The van der Waals surface area contributed by atoms with Gasteiger partial charge >= 0.3 is 5.97 Å². The zero-order chi connectivity index (χ0) is 21.2. The number of fused-ring (bicyclic) bond motifs is 3. The molecule has 2 aromatic heterocycles. The van der Waals surface area contributed by atoms with Crippen LogP contribution in [0.25, 0.3) is 16.6 Å². The maximum absolute atomic E-state index is 13.8. The van der Waals surface area contributed by atoms with Gasteiger partial charge in [-0.15, -0.1) is 0 Å². The third-order valence-electron chi connectivity index (χ3n) is 5.67. The van der Waals surface area contributed by atoms with E-state index in [1.54, 1.807) is 6.07 Å². The molecular formula is C24H23FN4O2. The number of nitrogens with zero attached hydrogens (tertiary/aromatic N) is 4. The number of benzene rings is 2. The Kier molecular flexibility index (Phi) is 5.26. The first-order chi connectivity index (χ1) is 15.2. The first-order valence-electron chi connectivity index (χ1n) is 10.4. The molecule has 0 bridgehead atoms. The van der Waals surface area contributed by atoms with E-state index in [-0.39, 0.29) is 18.3 Å². The van der Waals surface area contributed by atoms with E-state index in [0.29, 0.717) is 12.1 Å². The molecule has 0 unspecified atom stereocenters. The van der Waals surface area contributed by atoms with Crippen LogP contribution < -0.4 is 4.90 Å². The van der Waals surface area contributed by atoms with Crippen LogP contribution in [0.5, 0.6) is 0 Å². The lowest BCUT2D eigenvalue weighted by atomic mass is 10.2. The van der Waals surface area contributed by atoms with Crippen molar-refractivity contribution >= 4 is 28.3 Å². The average molecular weight is 418 g/mol. The van der Waals surface area contributed by atoms with Crippen LogP contribution in [0.1, 0.15) is 5.56 Å². The van der Waals surface area contributed by atoms with Crippen molar-refractivity contribution in [3.8, 4) is 0 Å². The topological polar surface area (TPSA) is 50.1 Å². The minimum Gasteiger partial charge on any atom is -0.460 e. The molecule has 0 amide bonds. The summed E-state index contributed by atoms with van der Waals surface area (Å²) in [6, 6.07) is 18.4. The van der Waals surface area contributed by atoms with Crippen molar-refractivity contribution in [1.82, 2.24) is 14.3 Å². The van der Waals surface area contributed by atoms with Gasteiger partial charge < -0.3 is 14.0 Å². The summed E-state index contributed by atoms with van der Waals surface area (Å²) in [6.07, 6.45) is 1.97. The van der Waals surface area contributed by atoms with Crippen LogP contribution in [0.3, 0.4) is 0 Å². The normalized spacial score (nSPS) is 14.9. The van der Waals surface area contributed by atoms with Crippen molar-refractivity contribution in [3.63, 3.8) is 0 Å². The summed E-state index contributed by atoms with van der Waals surface area (Å²) < 4.78 is 21.2. The molecular weight excluding hydrogens is 395 g/mol. The second kappa shape index (κ2) is 8.35. The number of carbonyl (C=O) groups excluding carboxylic acids is 1. The third kappa shape index (κ3) is 4.09. The van der Waals surface area contributed by atoms with Gasteiger partial charge in [0.25, 0.3) is 0 Å². The number of hydrogen-bond donors (Lipinski definition) is 0. The molecule has 0 aliphatic carbocycles. The van der Waals surface area contributed by atoms with Crippen LogP contribution in [-0.4, -0.2) is 53.0 Å². The molecule has 0 spiro atoms. The highest BCUT2D eigenvalue weighted by molar-refractivity contribution is 5.85. The first kappa shape index (κ1) is 19.5. The fourth-order valence-corrected chi connectivity index (χ4v) is 4.05. The van der Waals surface area contributed by atoms with E-state index >= 15 is 0 Å². The number of ether oxygens (including phenoxy) is 1. The van der Waals surface area contributed by atoms with Crippen molar-refractivity contribution in [2.45, 2.75) is 6.61 Å². The molecule has 1 aliphatic rings. The summed E-state index contributed by atoms with van der Waals surface area (Å²) in [5.74, 6) is 0.330. The van der Waals surface area contributed by atoms with Gasteiger partial charge in [0.1, 0.15) is 12.4 Å². The molecule has 0 radical (unpaired) electrons. The van der Waals surface area contributed by atoms with Gasteiger partial charge in [0.05, 0.1) is 23.1 Å². The molecule has 5 rings (SSSR count). The van der Waals surface area contributed by atoms with Crippen LogP contribution in [-0.2, 0) is 16.1 Å². The Bertz CT molecular complexity index is 1220. The summed E-state index contributed by atoms with van der Waals surface area (Å²) in [7, 11) is 0. The van der Waals surface area contributed by atoms with E-state index in [9.17, 15) is 9.18 Å². The largest absolute Gasteiger partial charge is 0.460 e. The van der Waals surface area contributed by atoms with Gasteiger partial charge in [0.15, 0.2) is 5.82 Å². The van der Waals surface area contributed by atoms with Gasteiger partial charge in [0.2, 0.25) is 0 Å². The molecule has 3 heterocycles. The van der Waals surface area contributed by atoms with Crippen molar-refractivity contribution in [2.24, 2.45) is 0 Å². The summed E-state index contributed by atoms with van der Waals surface area (Å²) in [4.78, 5) is 21.3. The van der Waals surface area contributed by atoms with Crippen LogP contribution in [0.15, 0.2) is 66.9 Å². The van der Waals surface area contributed by atoms with E-state index in [4.69, 9.17) is 9.72 Å². The van der Waals surface area contributed by atoms with E-state index in [0.717, 1.165) is 48.6 Å². The van der Waals surface area contributed by atoms with Gasteiger partial charge in [-0.25, -0.2) is 9.37 Å². The molecule has 2 aromatic carbocycles. The van der Waals surface area contributed by atoms with Gasteiger partial charge in [-0.2, -0.15) is 0 Å². The van der Waals surface area contributed by atoms with Gasteiger partial charge in [-0.3, -0.25) is 9.69 Å². The molecule has 0 saturated carbocycles. The van der Waals surface area contributed by atoms with Crippen LogP contribution in [0.2, 0.25) is 0 Å². The number of piperazine rings is 1. The summed E-state index contributed by atoms with van der Waals surface area (Å²) >= 11 is 0. The van der Waals surface area contributed by atoms with Crippen molar-refractivity contribution in [2.75, 3.05) is 37.6 Å². The number of anilines is 1. The van der Waals surface area contributed by atoms with Crippen LogP contribution in [0.4, 0.5) is 10.2 Å². The fraction of sp³-hybridized carbons (Fsp3) is 0.250. The molecule has 0 N–H and O–H groups in total. The molecule has 0 atom stereocenters.